The molecule has 0 atom stereocenters. The molecule has 76 valence electrons. The van der Waals surface area contributed by atoms with Crippen LogP contribution in [-0.2, 0) is 0 Å². The first-order chi connectivity index (χ1) is 7.16. The van der Waals surface area contributed by atoms with Crippen LogP contribution in [0.15, 0.2) is 36.5 Å². The molecule has 0 bridgehead atoms. The SMILES string of the molecule is Cc1cnc(-c2cccc(F)c2)c(Cl)c1. The maximum atomic E-state index is 13.0. The molecule has 3 heteroatoms. The summed E-state index contributed by atoms with van der Waals surface area (Å²) in [6, 6.07) is 8.05. The lowest BCUT2D eigenvalue weighted by Gasteiger charge is -2.04. The quantitative estimate of drug-likeness (QED) is 0.713. The fourth-order valence-corrected chi connectivity index (χ4v) is 1.71. The fraction of sp³-hybridized carbons (Fsp3) is 0.0833. The van der Waals surface area contributed by atoms with E-state index in [9.17, 15) is 4.39 Å². The summed E-state index contributed by atoms with van der Waals surface area (Å²) in [6.45, 7) is 1.91. The molecule has 1 heterocycles. The van der Waals surface area contributed by atoms with E-state index in [1.54, 1.807) is 18.3 Å². The van der Waals surface area contributed by atoms with E-state index in [1.807, 2.05) is 13.0 Å². The normalized spacial score (nSPS) is 10.3. The van der Waals surface area contributed by atoms with Crippen molar-refractivity contribution in [3.63, 3.8) is 0 Å². The molecular weight excluding hydrogens is 213 g/mol. The number of nitrogens with zero attached hydrogens (tertiary/aromatic N) is 1. The van der Waals surface area contributed by atoms with Gasteiger partial charge >= 0.3 is 0 Å². The number of aromatic nitrogens is 1. The van der Waals surface area contributed by atoms with Crippen LogP contribution in [0.25, 0.3) is 11.3 Å². The first-order valence-electron chi connectivity index (χ1n) is 4.55. The predicted molar refractivity (Wildman–Crippen MR) is 59.4 cm³/mol. The largest absolute Gasteiger partial charge is 0.254 e. The van der Waals surface area contributed by atoms with Gasteiger partial charge in [-0.2, -0.15) is 0 Å². The van der Waals surface area contributed by atoms with Gasteiger partial charge in [-0.05, 0) is 30.7 Å². The minimum Gasteiger partial charge on any atom is -0.254 e. The average Bonchev–Trinajstić information content (AvgIpc) is 2.17. The van der Waals surface area contributed by atoms with Crippen molar-refractivity contribution in [3.8, 4) is 11.3 Å². The van der Waals surface area contributed by atoms with Gasteiger partial charge in [0, 0.05) is 11.8 Å². The molecule has 0 aliphatic carbocycles. The van der Waals surface area contributed by atoms with Crippen molar-refractivity contribution in [2.75, 3.05) is 0 Å². The first kappa shape index (κ1) is 10.1. The van der Waals surface area contributed by atoms with E-state index < -0.39 is 0 Å². The molecule has 0 fully saturated rings. The zero-order chi connectivity index (χ0) is 10.8. The van der Waals surface area contributed by atoms with Crippen molar-refractivity contribution in [3.05, 3.63) is 52.9 Å². The van der Waals surface area contributed by atoms with Crippen LogP contribution < -0.4 is 0 Å². The summed E-state index contributed by atoms with van der Waals surface area (Å²) in [7, 11) is 0. The lowest BCUT2D eigenvalue weighted by molar-refractivity contribution is 0.628. The summed E-state index contributed by atoms with van der Waals surface area (Å²) in [5.74, 6) is -0.286. The molecule has 2 rings (SSSR count). The maximum absolute atomic E-state index is 13.0. The van der Waals surface area contributed by atoms with Crippen molar-refractivity contribution in [1.29, 1.82) is 0 Å². The zero-order valence-corrected chi connectivity index (χ0v) is 8.92. The van der Waals surface area contributed by atoms with Crippen LogP contribution in [0.5, 0.6) is 0 Å². The highest BCUT2D eigenvalue weighted by Gasteiger charge is 2.05. The van der Waals surface area contributed by atoms with Crippen LogP contribution in [0, 0.1) is 12.7 Å². The summed E-state index contributed by atoms with van der Waals surface area (Å²) < 4.78 is 13.0. The molecule has 0 N–H and O–H groups in total. The molecule has 1 aromatic heterocycles. The molecule has 0 saturated heterocycles. The minimum absolute atomic E-state index is 0.286. The second-order valence-corrected chi connectivity index (χ2v) is 3.76. The number of rotatable bonds is 1. The van der Waals surface area contributed by atoms with Gasteiger partial charge in [-0.25, -0.2) is 4.39 Å². The molecule has 2 aromatic rings. The number of aryl methyl sites for hydroxylation is 1. The minimum atomic E-state index is -0.286. The molecule has 0 aliphatic rings. The highest BCUT2D eigenvalue weighted by Crippen LogP contribution is 2.26. The van der Waals surface area contributed by atoms with Gasteiger partial charge in [0.05, 0.1) is 10.7 Å². The van der Waals surface area contributed by atoms with Crippen molar-refractivity contribution in [1.82, 2.24) is 4.98 Å². The summed E-state index contributed by atoms with van der Waals surface area (Å²) in [5.41, 5.74) is 2.29. The topological polar surface area (TPSA) is 12.9 Å². The van der Waals surface area contributed by atoms with Crippen molar-refractivity contribution < 1.29 is 4.39 Å². The van der Waals surface area contributed by atoms with Crippen molar-refractivity contribution in [2.24, 2.45) is 0 Å². The van der Waals surface area contributed by atoms with Gasteiger partial charge in [-0.1, -0.05) is 23.7 Å². The summed E-state index contributed by atoms with van der Waals surface area (Å²) in [5, 5.41) is 0.542. The molecule has 0 unspecified atom stereocenters. The molecule has 15 heavy (non-hydrogen) atoms. The van der Waals surface area contributed by atoms with Gasteiger partial charge in [0.15, 0.2) is 0 Å². The standard InChI is InChI=1S/C12H9ClFN/c1-8-5-11(13)12(15-7-8)9-3-2-4-10(14)6-9/h2-7H,1H3. The molecule has 0 saturated carbocycles. The molecule has 0 aliphatic heterocycles. The Morgan fingerprint density at radius 1 is 1.27 bits per heavy atom. The third-order valence-corrected chi connectivity index (χ3v) is 2.36. The van der Waals surface area contributed by atoms with Gasteiger partial charge < -0.3 is 0 Å². The van der Waals surface area contributed by atoms with Crippen LogP contribution in [0.1, 0.15) is 5.56 Å². The Morgan fingerprint density at radius 3 is 2.73 bits per heavy atom. The van der Waals surface area contributed by atoms with E-state index in [0.717, 1.165) is 5.56 Å². The van der Waals surface area contributed by atoms with Crippen molar-refractivity contribution >= 4 is 11.6 Å². The van der Waals surface area contributed by atoms with Gasteiger partial charge in [-0.3, -0.25) is 4.98 Å². The van der Waals surface area contributed by atoms with Crippen LogP contribution >= 0.6 is 11.6 Å². The Labute approximate surface area is 92.5 Å². The molecule has 1 nitrogen and oxygen atoms in total. The average molecular weight is 222 g/mol. The highest BCUT2D eigenvalue weighted by atomic mass is 35.5. The molecular formula is C12H9ClFN. The summed E-state index contributed by atoms with van der Waals surface area (Å²) in [6.07, 6.45) is 1.71. The number of pyridine rings is 1. The van der Waals surface area contributed by atoms with Crippen LogP contribution in [0.4, 0.5) is 4.39 Å². The smallest absolute Gasteiger partial charge is 0.123 e. The number of hydrogen-bond acceptors (Lipinski definition) is 1. The zero-order valence-electron chi connectivity index (χ0n) is 8.17. The van der Waals surface area contributed by atoms with Crippen LogP contribution in [-0.4, -0.2) is 4.98 Å². The van der Waals surface area contributed by atoms with E-state index in [0.29, 0.717) is 16.3 Å². The fourth-order valence-electron chi connectivity index (χ4n) is 1.38. The maximum Gasteiger partial charge on any atom is 0.123 e. The lowest BCUT2D eigenvalue weighted by Crippen LogP contribution is -1.87. The Hall–Kier alpha value is -1.41. The van der Waals surface area contributed by atoms with Crippen LogP contribution in [0.2, 0.25) is 5.02 Å². The Bertz CT molecular complexity index is 497. The summed E-state index contributed by atoms with van der Waals surface area (Å²) in [4.78, 5) is 4.19. The van der Waals surface area contributed by atoms with E-state index in [2.05, 4.69) is 4.98 Å². The summed E-state index contributed by atoms with van der Waals surface area (Å²) >= 11 is 6.03. The molecule has 0 radical (unpaired) electrons. The van der Waals surface area contributed by atoms with Crippen LogP contribution in [0.3, 0.4) is 0 Å². The Kier molecular flexibility index (Phi) is 2.69. The number of benzene rings is 1. The monoisotopic (exact) mass is 221 g/mol. The second-order valence-electron chi connectivity index (χ2n) is 3.35. The van der Waals surface area contributed by atoms with E-state index >= 15 is 0 Å². The number of hydrogen-bond donors (Lipinski definition) is 0. The van der Waals surface area contributed by atoms with Gasteiger partial charge in [0.2, 0.25) is 0 Å². The Balaban J connectivity index is 2.54. The first-order valence-corrected chi connectivity index (χ1v) is 4.93. The van der Waals surface area contributed by atoms with E-state index in [4.69, 9.17) is 11.6 Å². The molecule has 0 amide bonds. The Morgan fingerprint density at radius 2 is 2.07 bits per heavy atom. The van der Waals surface area contributed by atoms with Gasteiger partial charge in [0.1, 0.15) is 5.82 Å². The second kappa shape index (κ2) is 3.99. The van der Waals surface area contributed by atoms with Gasteiger partial charge in [-0.15, -0.1) is 0 Å². The van der Waals surface area contributed by atoms with E-state index in [1.165, 1.54) is 12.1 Å². The van der Waals surface area contributed by atoms with Gasteiger partial charge in [0.25, 0.3) is 0 Å². The molecule has 1 aromatic carbocycles. The lowest BCUT2D eigenvalue weighted by atomic mass is 10.1. The molecule has 0 spiro atoms. The van der Waals surface area contributed by atoms with E-state index in [-0.39, 0.29) is 5.82 Å². The predicted octanol–water partition coefficient (Wildman–Crippen LogP) is 3.85. The third kappa shape index (κ3) is 2.16. The highest BCUT2D eigenvalue weighted by molar-refractivity contribution is 6.33. The number of halogens is 2. The van der Waals surface area contributed by atoms with Crippen molar-refractivity contribution in [2.45, 2.75) is 6.92 Å². The third-order valence-electron chi connectivity index (χ3n) is 2.08.